The van der Waals surface area contributed by atoms with E-state index in [0.29, 0.717) is 18.1 Å². The first-order valence-electron chi connectivity index (χ1n) is 5.75. The number of carbonyl (C=O) groups is 1. The molecule has 17 heavy (non-hydrogen) atoms. The maximum absolute atomic E-state index is 12.1. The maximum Gasteiger partial charge on any atom is 0.274 e. The van der Waals surface area contributed by atoms with Crippen LogP contribution in [0.4, 0.5) is 5.82 Å². The zero-order valence-electron chi connectivity index (χ0n) is 10.5. The first-order chi connectivity index (χ1) is 8.13. The lowest BCUT2D eigenvalue weighted by molar-refractivity contribution is 0.0692. The molecule has 1 atom stereocenters. The van der Waals surface area contributed by atoms with Gasteiger partial charge in [0.1, 0.15) is 0 Å². The molecule has 0 bridgehead atoms. The number of nitrogens with two attached hydrogens (primary N) is 1. The van der Waals surface area contributed by atoms with Crippen molar-refractivity contribution in [2.75, 3.05) is 12.0 Å². The maximum atomic E-state index is 12.1. The molecule has 6 heteroatoms. The van der Waals surface area contributed by atoms with Crippen LogP contribution in [-0.2, 0) is 0 Å². The fourth-order valence-corrected chi connectivity index (χ4v) is 1.55. The van der Waals surface area contributed by atoms with Crippen LogP contribution in [0, 0.1) is 0 Å². The molecule has 94 valence electrons. The molecule has 0 aromatic carbocycles. The Labute approximate surface area is 101 Å². The van der Waals surface area contributed by atoms with Crippen LogP contribution in [-0.4, -0.2) is 33.6 Å². The Balaban J connectivity index is 2.86. The number of hydrogen-bond acceptors (Lipinski definition) is 5. The van der Waals surface area contributed by atoms with E-state index in [4.69, 9.17) is 5.84 Å². The molecule has 0 aliphatic rings. The van der Waals surface area contributed by atoms with Crippen LogP contribution >= 0.6 is 0 Å². The fraction of sp³-hybridized carbons (Fsp3) is 0.545. The first-order valence-corrected chi connectivity index (χ1v) is 5.75. The topological polar surface area (TPSA) is 84.1 Å². The van der Waals surface area contributed by atoms with Crippen molar-refractivity contribution in [2.45, 2.75) is 33.2 Å². The summed E-state index contributed by atoms with van der Waals surface area (Å²) >= 11 is 0. The molecule has 0 aliphatic carbocycles. The van der Waals surface area contributed by atoms with Crippen LogP contribution in [0.2, 0.25) is 0 Å². The van der Waals surface area contributed by atoms with Gasteiger partial charge in [0.05, 0.1) is 0 Å². The molecular formula is C11H19N5O. The first kappa shape index (κ1) is 13.4. The van der Waals surface area contributed by atoms with Crippen LogP contribution in [0.3, 0.4) is 0 Å². The lowest BCUT2D eigenvalue weighted by atomic mass is 10.2. The summed E-state index contributed by atoms with van der Waals surface area (Å²) < 4.78 is 0. The Morgan fingerprint density at radius 2 is 2.18 bits per heavy atom. The fourth-order valence-electron chi connectivity index (χ4n) is 1.55. The number of amides is 1. The number of nitrogens with one attached hydrogen (secondary N) is 1. The molecular weight excluding hydrogens is 218 g/mol. The van der Waals surface area contributed by atoms with E-state index in [-0.39, 0.29) is 11.9 Å². The van der Waals surface area contributed by atoms with Crippen LogP contribution in [0.5, 0.6) is 0 Å². The van der Waals surface area contributed by atoms with Gasteiger partial charge in [-0.05, 0) is 32.4 Å². The van der Waals surface area contributed by atoms with Gasteiger partial charge in [-0.25, -0.2) is 5.84 Å². The van der Waals surface area contributed by atoms with E-state index in [2.05, 4.69) is 15.6 Å². The number of hydrogen-bond donors (Lipinski definition) is 2. The van der Waals surface area contributed by atoms with Gasteiger partial charge in [0.2, 0.25) is 0 Å². The predicted octanol–water partition coefficient (Wildman–Crippen LogP) is 1.02. The third-order valence-corrected chi connectivity index (χ3v) is 2.76. The highest BCUT2D eigenvalue weighted by atomic mass is 16.2. The second kappa shape index (κ2) is 6.15. The van der Waals surface area contributed by atoms with E-state index in [0.717, 1.165) is 6.42 Å². The molecule has 0 fully saturated rings. The number of rotatable bonds is 5. The van der Waals surface area contributed by atoms with Gasteiger partial charge in [-0.2, -0.15) is 0 Å². The summed E-state index contributed by atoms with van der Waals surface area (Å²) in [5, 5.41) is 7.64. The number of aromatic nitrogens is 2. The van der Waals surface area contributed by atoms with E-state index < -0.39 is 0 Å². The average molecular weight is 237 g/mol. The number of carbonyl (C=O) groups excluding carboxylic acids is 1. The highest BCUT2D eigenvalue weighted by molar-refractivity contribution is 5.92. The summed E-state index contributed by atoms with van der Waals surface area (Å²) in [7, 11) is 0. The van der Waals surface area contributed by atoms with Crippen molar-refractivity contribution in [1.29, 1.82) is 0 Å². The monoisotopic (exact) mass is 237 g/mol. The van der Waals surface area contributed by atoms with Gasteiger partial charge in [-0.3, -0.25) is 4.79 Å². The van der Waals surface area contributed by atoms with Gasteiger partial charge in [-0.1, -0.05) is 6.92 Å². The minimum Gasteiger partial charge on any atom is -0.335 e. The summed E-state index contributed by atoms with van der Waals surface area (Å²) in [4.78, 5) is 13.9. The SMILES string of the molecule is CCC(C)N(CC)C(=O)c1ccc(NN)nn1. The van der Waals surface area contributed by atoms with Gasteiger partial charge in [-0.15, -0.1) is 10.2 Å². The molecule has 1 heterocycles. The predicted molar refractivity (Wildman–Crippen MR) is 66.3 cm³/mol. The van der Waals surface area contributed by atoms with E-state index >= 15 is 0 Å². The average Bonchev–Trinajstić information content (AvgIpc) is 2.39. The summed E-state index contributed by atoms with van der Waals surface area (Å²) in [6.07, 6.45) is 0.912. The Morgan fingerprint density at radius 1 is 1.47 bits per heavy atom. The van der Waals surface area contributed by atoms with Crippen LogP contribution in [0.15, 0.2) is 12.1 Å². The lowest BCUT2D eigenvalue weighted by Crippen LogP contribution is -2.38. The molecule has 0 radical (unpaired) electrons. The summed E-state index contributed by atoms with van der Waals surface area (Å²) in [5.74, 6) is 5.52. The summed E-state index contributed by atoms with van der Waals surface area (Å²) in [5.41, 5.74) is 2.71. The van der Waals surface area contributed by atoms with Gasteiger partial charge in [0.15, 0.2) is 11.5 Å². The van der Waals surface area contributed by atoms with E-state index in [1.165, 1.54) is 0 Å². The molecule has 0 saturated carbocycles. The van der Waals surface area contributed by atoms with Gasteiger partial charge >= 0.3 is 0 Å². The Kier molecular flexibility index (Phi) is 4.84. The molecule has 3 N–H and O–H groups in total. The van der Waals surface area contributed by atoms with Crippen molar-refractivity contribution in [3.8, 4) is 0 Å². The molecule has 0 spiro atoms. The Hall–Kier alpha value is -1.69. The number of nitrogen functional groups attached to an aromatic ring is 1. The van der Waals surface area contributed by atoms with E-state index in [1.54, 1.807) is 17.0 Å². The Morgan fingerprint density at radius 3 is 2.59 bits per heavy atom. The second-order valence-corrected chi connectivity index (χ2v) is 3.80. The zero-order valence-corrected chi connectivity index (χ0v) is 10.5. The molecule has 0 aliphatic heterocycles. The number of anilines is 1. The van der Waals surface area contributed by atoms with Crippen LogP contribution in [0.1, 0.15) is 37.7 Å². The lowest BCUT2D eigenvalue weighted by Gasteiger charge is -2.26. The zero-order chi connectivity index (χ0) is 12.8. The summed E-state index contributed by atoms with van der Waals surface area (Å²) in [6.45, 7) is 6.68. The normalized spacial score (nSPS) is 12.0. The molecule has 1 aromatic heterocycles. The smallest absolute Gasteiger partial charge is 0.274 e. The Bertz CT molecular complexity index is 365. The molecule has 1 amide bonds. The number of nitrogens with zero attached hydrogens (tertiary/aromatic N) is 3. The van der Waals surface area contributed by atoms with Crippen molar-refractivity contribution in [1.82, 2.24) is 15.1 Å². The van der Waals surface area contributed by atoms with Crippen molar-refractivity contribution in [2.24, 2.45) is 5.84 Å². The molecule has 1 unspecified atom stereocenters. The van der Waals surface area contributed by atoms with Gasteiger partial charge < -0.3 is 10.3 Å². The van der Waals surface area contributed by atoms with Crippen molar-refractivity contribution >= 4 is 11.7 Å². The van der Waals surface area contributed by atoms with E-state index in [1.807, 2.05) is 20.8 Å². The quantitative estimate of drug-likeness (QED) is 0.590. The highest BCUT2D eigenvalue weighted by Crippen LogP contribution is 2.09. The molecule has 6 nitrogen and oxygen atoms in total. The van der Waals surface area contributed by atoms with Gasteiger partial charge in [0.25, 0.3) is 5.91 Å². The van der Waals surface area contributed by atoms with Crippen molar-refractivity contribution < 1.29 is 4.79 Å². The summed E-state index contributed by atoms with van der Waals surface area (Å²) in [6, 6.07) is 3.45. The number of hydrazine groups is 1. The minimum atomic E-state index is -0.0991. The van der Waals surface area contributed by atoms with Crippen LogP contribution in [0.25, 0.3) is 0 Å². The third-order valence-electron chi connectivity index (χ3n) is 2.76. The van der Waals surface area contributed by atoms with E-state index in [9.17, 15) is 4.79 Å². The largest absolute Gasteiger partial charge is 0.335 e. The second-order valence-electron chi connectivity index (χ2n) is 3.80. The molecule has 0 saturated heterocycles. The van der Waals surface area contributed by atoms with Gasteiger partial charge in [0, 0.05) is 12.6 Å². The highest BCUT2D eigenvalue weighted by Gasteiger charge is 2.20. The van der Waals surface area contributed by atoms with Crippen LogP contribution < -0.4 is 11.3 Å². The standard InChI is InChI=1S/C11H19N5O/c1-4-8(3)16(5-2)11(17)9-6-7-10(13-12)15-14-9/h6-8H,4-5,12H2,1-3H3,(H,13,15). The molecule has 1 rings (SSSR count). The third kappa shape index (κ3) is 3.13. The molecule has 1 aromatic rings. The minimum absolute atomic E-state index is 0.0991. The van der Waals surface area contributed by atoms with Crippen molar-refractivity contribution in [3.05, 3.63) is 17.8 Å². The van der Waals surface area contributed by atoms with Crippen molar-refractivity contribution in [3.63, 3.8) is 0 Å².